The Morgan fingerprint density at radius 2 is 2.06 bits per heavy atom. The normalized spacial score (nSPS) is 10.1. The van der Waals surface area contributed by atoms with Gasteiger partial charge in [-0.3, -0.25) is 4.68 Å². The second-order valence-electron chi connectivity index (χ2n) is 3.34. The van der Waals surface area contributed by atoms with Crippen LogP contribution in [0.4, 0.5) is 5.69 Å². The zero-order valence-corrected chi connectivity index (χ0v) is 9.18. The molecule has 84 valence electrons. The average Bonchev–Trinajstić information content (AvgIpc) is 2.58. The van der Waals surface area contributed by atoms with Gasteiger partial charge in [-0.2, -0.15) is 0 Å². The van der Waals surface area contributed by atoms with E-state index in [9.17, 15) is 0 Å². The monoisotopic (exact) mass is 219 g/mol. The summed E-state index contributed by atoms with van der Waals surface area (Å²) in [5.41, 5.74) is 6.23. The number of hydrogen-bond donors (Lipinski definition) is 1. The van der Waals surface area contributed by atoms with E-state index in [0.717, 1.165) is 5.75 Å². The molecule has 2 N–H and O–H groups in total. The van der Waals surface area contributed by atoms with Crippen molar-refractivity contribution in [2.45, 2.75) is 0 Å². The van der Waals surface area contributed by atoms with Crippen LogP contribution < -0.4 is 15.2 Å². The maximum absolute atomic E-state index is 5.72. The van der Waals surface area contributed by atoms with Crippen LogP contribution in [0.3, 0.4) is 0 Å². The molecule has 1 heterocycles. The topological polar surface area (TPSA) is 62.3 Å². The molecule has 0 aliphatic rings. The van der Waals surface area contributed by atoms with E-state index in [2.05, 4.69) is 5.10 Å². The molecule has 5 nitrogen and oxygen atoms in total. The Morgan fingerprint density at radius 1 is 1.31 bits per heavy atom. The molecule has 2 aromatic rings. The summed E-state index contributed by atoms with van der Waals surface area (Å²) in [5, 5.41) is 4.09. The minimum Gasteiger partial charge on any atom is -0.497 e. The van der Waals surface area contributed by atoms with Gasteiger partial charge in [-0.1, -0.05) is 6.07 Å². The molecule has 0 atom stereocenters. The number of rotatable bonds is 3. The number of nitrogens with zero attached hydrogens (tertiary/aromatic N) is 2. The molecule has 1 aromatic carbocycles. The van der Waals surface area contributed by atoms with Gasteiger partial charge in [-0.05, 0) is 12.1 Å². The predicted molar refractivity (Wildman–Crippen MR) is 60.7 cm³/mol. The fraction of sp³-hybridized carbons (Fsp3) is 0.182. The molecule has 1 aromatic heterocycles. The number of nitrogen functional groups attached to an aromatic ring is 1. The molecule has 5 heteroatoms. The van der Waals surface area contributed by atoms with Crippen LogP contribution >= 0.6 is 0 Å². The van der Waals surface area contributed by atoms with Gasteiger partial charge in [-0.25, -0.2) is 0 Å². The van der Waals surface area contributed by atoms with E-state index in [1.54, 1.807) is 31.1 Å². The van der Waals surface area contributed by atoms with Crippen LogP contribution in [0.5, 0.6) is 17.4 Å². The summed E-state index contributed by atoms with van der Waals surface area (Å²) in [6, 6.07) is 7.27. The molecule has 0 fully saturated rings. The van der Waals surface area contributed by atoms with Crippen LogP contribution in [0.1, 0.15) is 0 Å². The molecular weight excluding hydrogens is 206 g/mol. The van der Waals surface area contributed by atoms with Crippen molar-refractivity contribution in [1.29, 1.82) is 0 Å². The Kier molecular flexibility index (Phi) is 2.68. The van der Waals surface area contributed by atoms with Crippen LogP contribution in [0, 0.1) is 0 Å². The van der Waals surface area contributed by atoms with E-state index >= 15 is 0 Å². The van der Waals surface area contributed by atoms with Gasteiger partial charge in [0.1, 0.15) is 17.2 Å². The summed E-state index contributed by atoms with van der Waals surface area (Å²) >= 11 is 0. The Hall–Kier alpha value is -2.17. The number of methoxy groups -OCH3 is 1. The first-order valence-electron chi connectivity index (χ1n) is 4.80. The van der Waals surface area contributed by atoms with Crippen LogP contribution in [0.25, 0.3) is 0 Å². The molecule has 0 unspecified atom stereocenters. The molecule has 0 bridgehead atoms. The third kappa shape index (κ3) is 2.08. The van der Waals surface area contributed by atoms with Gasteiger partial charge >= 0.3 is 0 Å². The lowest BCUT2D eigenvalue weighted by molar-refractivity contribution is 0.407. The van der Waals surface area contributed by atoms with Crippen molar-refractivity contribution in [2.75, 3.05) is 12.8 Å². The first kappa shape index (κ1) is 10.4. The summed E-state index contributed by atoms with van der Waals surface area (Å²) in [6.45, 7) is 0. The summed E-state index contributed by atoms with van der Waals surface area (Å²) in [5.74, 6) is 1.77. The maximum atomic E-state index is 5.72. The van der Waals surface area contributed by atoms with E-state index in [0.29, 0.717) is 17.3 Å². The molecule has 2 rings (SSSR count). The van der Waals surface area contributed by atoms with Crippen molar-refractivity contribution in [1.82, 2.24) is 9.78 Å². The van der Waals surface area contributed by atoms with E-state index in [1.165, 1.54) is 0 Å². The highest BCUT2D eigenvalue weighted by Gasteiger charge is 2.06. The first-order chi connectivity index (χ1) is 7.69. The number of anilines is 1. The van der Waals surface area contributed by atoms with Gasteiger partial charge in [-0.15, -0.1) is 5.10 Å². The summed E-state index contributed by atoms with van der Waals surface area (Å²) in [7, 11) is 3.39. The van der Waals surface area contributed by atoms with E-state index in [-0.39, 0.29) is 0 Å². The van der Waals surface area contributed by atoms with Gasteiger partial charge in [0.2, 0.25) is 0 Å². The SMILES string of the molecule is COc1cccc(Oc2nn(C)cc2N)c1. The highest BCUT2D eigenvalue weighted by Crippen LogP contribution is 2.27. The lowest BCUT2D eigenvalue weighted by atomic mass is 10.3. The van der Waals surface area contributed by atoms with Crippen molar-refractivity contribution >= 4 is 5.69 Å². The summed E-state index contributed by atoms with van der Waals surface area (Å²) in [6.07, 6.45) is 1.69. The first-order valence-corrected chi connectivity index (χ1v) is 4.80. The Morgan fingerprint density at radius 3 is 2.69 bits per heavy atom. The second kappa shape index (κ2) is 4.14. The molecule has 0 aliphatic heterocycles. The van der Waals surface area contributed by atoms with Gasteiger partial charge in [0.25, 0.3) is 5.88 Å². The number of nitrogens with two attached hydrogens (primary N) is 1. The van der Waals surface area contributed by atoms with Gasteiger partial charge in [0.05, 0.1) is 13.3 Å². The number of aromatic nitrogens is 2. The highest BCUT2D eigenvalue weighted by molar-refractivity contribution is 5.48. The maximum Gasteiger partial charge on any atom is 0.261 e. The minimum atomic E-state index is 0.399. The van der Waals surface area contributed by atoms with Crippen molar-refractivity contribution in [3.63, 3.8) is 0 Å². The van der Waals surface area contributed by atoms with E-state index in [1.807, 2.05) is 18.2 Å². The fourth-order valence-corrected chi connectivity index (χ4v) is 1.34. The van der Waals surface area contributed by atoms with E-state index in [4.69, 9.17) is 15.2 Å². The van der Waals surface area contributed by atoms with Crippen molar-refractivity contribution in [3.8, 4) is 17.4 Å². The quantitative estimate of drug-likeness (QED) is 0.855. The predicted octanol–water partition coefficient (Wildman–Crippen LogP) is 1.80. The van der Waals surface area contributed by atoms with Gasteiger partial charge < -0.3 is 15.2 Å². The molecule has 0 spiro atoms. The summed E-state index contributed by atoms with van der Waals surface area (Å²) < 4.78 is 12.2. The van der Waals surface area contributed by atoms with Crippen molar-refractivity contribution < 1.29 is 9.47 Å². The Bertz CT molecular complexity index is 494. The molecular formula is C11H13N3O2. The van der Waals surface area contributed by atoms with Gasteiger partial charge in [0.15, 0.2) is 0 Å². The molecule has 0 amide bonds. The highest BCUT2D eigenvalue weighted by atomic mass is 16.5. The second-order valence-corrected chi connectivity index (χ2v) is 3.34. The van der Waals surface area contributed by atoms with Crippen molar-refractivity contribution in [2.24, 2.45) is 7.05 Å². The number of hydrogen-bond acceptors (Lipinski definition) is 4. The largest absolute Gasteiger partial charge is 0.497 e. The van der Waals surface area contributed by atoms with Gasteiger partial charge in [0, 0.05) is 13.1 Å². The standard InChI is InChI=1S/C11H13N3O2/c1-14-7-10(12)11(13-14)16-9-5-3-4-8(6-9)15-2/h3-7H,12H2,1-2H3. The molecule has 0 saturated heterocycles. The molecule has 16 heavy (non-hydrogen) atoms. The van der Waals surface area contributed by atoms with Crippen LogP contribution in [0.15, 0.2) is 30.5 Å². The van der Waals surface area contributed by atoms with Crippen LogP contribution in [0.2, 0.25) is 0 Å². The fourth-order valence-electron chi connectivity index (χ4n) is 1.34. The lowest BCUT2D eigenvalue weighted by Gasteiger charge is -2.04. The Labute approximate surface area is 93.4 Å². The van der Waals surface area contributed by atoms with Crippen LogP contribution in [-0.4, -0.2) is 16.9 Å². The smallest absolute Gasteiger partial charge is 0.261 e. The van der Waals surface area contributed by atoms with E-state index < -0.39 is 0 Å². The van der Waals surface area contributed by atoms with Crippen molar-refractivity contribution in [3.05, 3.63) is 30.5 Å². The third-order valence-corrected chi connectivity index (χ3v) is 2.08. The zero-order chi connectivity index (χ0) is 11.5. The number of benzene rings is 1. The molecule has 0 radical (unpaired) electrons. The molecule has 0 saturated carbocycles. The van der Waals surface area contributed by atoms with Crippen LogP contribution in [-0.2, 0) is 7.05 Å². The Balaban J connectivity index is 2.23. The zero-order valence-electron chi connectivity index (χ0n) is 9.18. The lowest BCUT2D eigenvalue weighted by Crippen LogP contribution is -1.91. The minimum absolute atomic E-state index is 0.399. The average molecular weight is 219 g/mol. The number of ether oxygens (including phenoxy) is 2. The molecule has 0 aliphatic carbocycles. The number of aryl methyl sites for hydroxylation is 1. The third-order valence-electron chi connectivity index (χ3n) is 2.08. The summed E-state index contributed by atoms with van der Waals surface area (Å²) in [4.78, 5) is 0.